The van der Waals surface area contributed by atoms with Crippen LogP contribution in [-0.4, -0.2) is 84.7 Å². The van der Waals surface area contributed by atoms with Crippen molar-refractivity contribution in [2.75, 3.05) is 13.7 Å². The van der Waals surface area contributed by atoms with Gasteiger partial charge in [0.15, 0.2) is 0 Å². The zero-order valence-corrected chi connectivity index (χ0v) is 32.5. The maximum atomic E-state index is 14.6. The van der Waals surface area contributed by atoms with Gasteiger partial charge in [0.05, 0.1) is 18.9 Å². The molecule has 2 saturated carbocycles. The molecule has 3 aromatic rings. The Morgan fingerprint density at radius 2 is 1.69 bits per heavy atom. The fraction of sp³-hybridized carbons (Fsp3) is 0.513. The summed E-state index contributed by atoms with van der Waals surface area (Å²) in [6, 6.07) is 14.2. The van der Waals surface area contributed by atoms with E-state index in [1.807, 2.05) is 48.5 Å². The smallest absolute Gasteiger partial charge is 0.408 e. The summed E-state index contributed by atoms with van der Waals surface area (Å²) < 4.78 is 45.1. The molecule has 3 aliphatic rings. The third-order valence-corrected chi connectivity index (χ3v) is 12.3. The molecular formula is C39H49N5O9S. The Morgan fingerprint density at radius 3 is 2.30 bits per heavy atom. The summed E-state index contributed by atoms with van der Waals surface area (Å²) in [7, 11) is -2.30. The first-order valence-corrected chi connectivity index (χ1v) is 19.7. The number of nitrogens with one attached hydrogen (secondary N) is 3. The molecule has 0 radical (unpaired) electrons. The number of nitrogens with zero attached hydrogens (tertiary/aromatic N) is 2. The molecule has 1 aromatic heterocycles. The Morgan fingerprint density at radius 1 is 1.00 bits per heavy atom. The first-order valence-electron chi connectivity index (χ1n) is 18.2. The number of benzene rings is 2. The Balaban J connectivity index is 1.27. The van der Waals surface area contributed by atoms with Crippen LogP contribution in [0.3, 0.4) is 0 Å². The van der Waals surface area contributed by atoms with Gasteiger partial charge in [-0.3, -0.25) is 19.1 Å². The number of methoxy groups -OCH3 is 1. The lowest BCUT2D eigenvalue weighted by Gasteiger charge is -2.36. The number of hydrogen-bond donors (Lipinski definition) is 3. The van der Waals surface area contributed by atoms with Crippen LogP contribution < -0.4 is 24.8 Å². The number of aromatic nitrogens is 1. The monoisotopic (exact) mass is 763 g/mol. The van der Waals surface area contributed by atoms with Crippen molar-refractivity contribution < 1.29 is 41.8 Å². The number of pyridine rings is 1. The van der Waals surface area contributed by atoms with E-state index in [4.69, 9.17) is 14.2 Å². The van der Waals surface area contributed by atoms with Crippen molar-refractivity contribution in [3.05, 3.63) is 66.4 Å². The van der Waals surface area contributed by atoms with Gasteiger partial charge in [0.2, 0.25) is 27.7 Å². The number of fused-ring (bicyclic) bond motifs is 1. The fourth-order valence-electron chi connectivity index (χ4n) is 6.93. The first-order chi connectivity index (χ1) is 25.3. The van der Waals surface area contributed by atoms with E-state index in [-0.39, 0.29) is 25.3 Å². The van der Waals surface area contributed by atoms with Crippen LogP contribution in [0.25, 0.3) is 10.8 Å². The highest BCUT2D eigenvalue weighted by molar-refractivity contribution is 7.91. The molecule has 0 bridgehead atoms. The molecule has 54 heavy (non-hydrogen) atoms. The second kappa shape index (κ2) is 14.4. The number of rotatable bonds is 12. The molecule has 2 aliphatic carbocycles. The highest BCUT2D eigenvalue weighted by Crippen LogP contribution is 2.44. The van der Waals surface area contributed by atoms with Crippen LogP contribution in [0.15, 0.2) is 60.8 Å². The lowest BCUT2D eigenvalue weighted by atomic mass is 9.85. The van der Waals surface area contributed by atoms with Gasteiger partial charge in [0.1, 0.15) is 35.1 Å². The van der Waals surface area contributed by atoms with Crippen molar-refractivity contribution in [1.82, 2.24) is 25.2 Å². The summed E-state index contributed by atoms with van der Waals surface area (Å²) in [4.78, 5) is 61.6. The Kier molecular flexibility index (Phi) is 10.3. The summed E-state index contributed by atoms with van der Waals surface area (Å²) in [5.74, 6) is -1.41. The van der Waals surface area contributed by atoms with Crippen LogP contribution in [0.2, 0.25) is 0 Å². The van der Waals surface area contributed by atoms with E-state index in [2.05, 4.69) is 20.3 Å². The number of hydrogen-bond acceptors (Lipinski definition) is 10. The van der Waals surface area contributed by atoms with Crippen LogP contribution in [-0.2, 0) is 34.7 Å². The van der Waals surface area contributed by atoms with Crippen LogP contribution in [0.4, 0.5) is 4.79 Å². The summed E-state index contributed by atoms with van der Waals surface area (Å²) in [6.07, 6.45) is 1.25. The van der Waals surface area contributed by atoms with Crippen molar-refractivity contribution >= 4 is 44.6 Å². The van der Waals surface area contributed by atoms with E-state index in [0.29, 0.717) is 29.9 Å². The van der Waals surface area contributed by atoms with Crippen LogP contribution in [0.1, 0.15) is 72.8 Å². The molecule has 4 amide bonds. The molecule has 1 aliphatic heterocycles. The van der Waals surface area contributed by atoms with E-state index in [1.165, 1.54) is 4.90 Å². The van der Waals surface area contributed by atoms with Crippen molar-refractivity contribution in [1.29, 1.82) is 0 Å². The molecular weight excluding hydrogens is 715 g/mol. The van der Waals surface area contributed by atoms with Crippen molar-refractivity contribution in [2.45, 2.75) is 102 Å². The number of carbonyl (C=O) groups excluding carboxylic acids is 4. The van der Waals surface area contributed by atoms with Crippen LogP contribution >= 0.6 is 0 Å². The van der Waals surface area contributed by atoms with Gasteiger partial charge >= 0.3 is 6.09 Å². The maximum absolute atomic E-state index is 14.6. The van der Waals surface area contributed by atoms with Crippen molar-refractivity contribution in [3.63, 3.8) is 0 Å². The highest BCUT2D eigenvalue weighted by Gasteiger charge is 2.61. The largest absolute Gasteiger partial charge is 0.497 e. The molecule has 2 heterocycles. The summed E-state index contributed by atoms with van der Waals surface area (Å²) >= 11 is 0. The lowest BCUT2D eigenvalue weighted by molar-refractivity contribution is -0.143. The molecule has 6 rings (SSSR count). The molecule has 1 saturated heterocycles. The minimum absolute atomic E-state index is 0.0284. The van der Waals surface area contributed by atoms with Crippen molar-refractivity contribution in [2.24, 2.45) is 11.3 Å². The van der Waals surface area contributed by atoms with E-state index in [1.54, 1.807) is 60.9 Å². The normalized spacial score (nSPS) is 23.2. The molecule has 3 fully saturated rings. The summed E-state index contributed by atoms with van der Waals surface area (Å²) in [6.45, 7) is 10.6. The summed E-state index contributed by atoms with van der Waals surface area (Å²) in [5.41, 5.74) is -2.57. The topological polar surface area (TPSA) is 182 Å². The molecule has 14 nitrogen and oxygen atoms in total. The van der Waals surface area contributed by atoms with Gasteiger partial charge in [-0.1, -0.05) is 58.0 Å². The van der Waals surface area contributed by atoms with Gasteiger partial charge in [-0.25, -0.2) is 18.2 Å². The number of carbonyl (C=O) groups is 4. The van der Waals surface area contributed by atoms with Gasteiger partial charge in [-0.2, -0.15) is 0 Å². The zero-order valence-electron chi connectivity index (χ0n) is 31.7. The van der Waals surface area contributed by atoms with Crippen molar-refractivity contribution in [3.8, 4) is 11.6 Å². The lowest BCUT2D eigenvalue weighted by Crippen LogP contribution is -2.60. The molecule has 5 atom stereocenters. The summed E-state index contributed by atoms with van der Waals surface area (Å²) in [5, 5.41) is 6.46. The number of likely N-dealkylation sites (tertiary alicyclic amines) is 1. The zero-order chi connectivity index (χ0) is 39.2. The molecule has 2 aromatic carbocycles. The standard InChI is InChI=1S/C39H49N5O9S/c1-23-21-39(23,35(47)43-54(49,50)28-14-15-28)42-32(45)30-20-27(52-33-29-16-13-26(51-7)19-24(29)17-18-40-33)22-44(30)34(46)31(37(2,3)4)41-36(48)53-38(5,6)25-11-9-8-10-12-25/h8-13,16-19,23,27-28,30-31H,14-15,20-22H2,1-7H3,(H,41,48)(H,42,45)(H,43,47)/t23-,27-,30+,31-,39-/m1/s1. The number of ether oxygens (including phenoxy) is 3. The van der Waals surface area contributed by atoms with Crippen LogP contribution in [0.5, 0.6) is 11.6 Å². The minimum atomic E-state index is -3.87. The van der Waals surface area contributed by atoms with Gasteiger partial charge in [0.25, 0.3) is 5.91 Å². The molecule has 15 heteroatoms. The minimum Gasteiger partial charge on any atom is -0.497 e. The third kappa shape index (κ3) is 8.10. The third-order valence-electron chi connectivity index (χ3n) is 10.5. The SMILES string of the molecule is COc1ccc2c(O[C@@H]3C[C@@H](C(=O)N[C@]4(C(=O)NS(=O)(=O)C5CC5)C[C@H]4C)N(C(=O)[C@@H](NC(=O)OC(C)(C)c4ccccc4)C(C)(C)C)C3)nccc2c1. The second-order valence-electron chi connectivity index (χ2n) is 16.1. The Bertz CT molecular complexity index is 2050. The fourth-order valence-corrected chi connectivity index (χ4v) is 8.29. The van der Waals surface area contributed by atoms with Crippen LogP contribution in [0, 0.1) is 11.3 Å². The van der Waals surface area contributed by atoms with Gasteiger partial charge in [-0.05, 0) is 79.7 Å². The number of sulfonamides is 1. The van der Waals surface area contributed by atoms with Gasteiger partial charge in [0, 0.05) is 18.0 Å². The predicted octanol–water partition coefficient (Wildman–Crippen LogP) is 4.17. The predicted molar refractivity (Wildman–Crippen MR) is 200 cm³/mol. The first kappa shape index (κ1) is 38.8. The van der Waals surface area contributed by atoms with E-state index in [0.717, 1.165) is 10.9 Å². The van der Waals surface area contributed by atoms with E-state index >= 15 is 0 Å². The number of amides is 4. The highest BCUT2D eigenvalue weighted by atomic mass is 32.2. The average Bonchev–Trinajstić information content (AvgIpc) is 4.03. The molecule has 290 valence electrons. The van der Waals surface area contributed by atoms with Gasteiger partial charge < -0.3 is 29.7 Å². The molecule has 3 N–H and O–H groups in total. The maximum Gasteiger partial charge on any atom is 0.408 e. The van der Waals surface area contributed by atoms with E-state index < -0.39 is 73.8 Å². The molecule has 0 unspecified atom stereocenters. The average molecular weight is 764 g/mol. The quantitative estimate of drug-likeness (QED) is 0.242. The van der Waals surface area contributed by atoms with E-state index in [9.17, 15) is 27.6 Å². The molecule has 0 spiro atoms. The Labute approximate surface area is 315 Å². The number of alkyl carbamates (subject to hydrolysis) is 1. The Hall–Kier alpha value is -4.92. The van der Waals surface area contributed by atoms with Gasteiger partial charge in [-0.15, -0.1) is 0 Å². The second-order valence-corrected chi connectivity index (χ2v) is 18.1.